The molecule has 24 heavy (non-hydrogen) atoms. The van der Waals surface area contributed by atoms with Crippen molar-refractivity contribution in [2.24, 2.45) is 5.73 Å². The highest BCUT2D eigenvalue weighted by atomic mass is 16.5. The Morgan fingerprint density at radius 1 is 0.917 bits per heavy atom. The molecule has 4 nitrogen and oxygen atoms in total. The lowest BCUT2D eigenvalue weighted by Crippen LogP contribution is -2.15. The smallest absolute Gasteiger partial charge is 0.161 e. The van der Waals surface area contributed by atoms with Crippen LogP contribution in [0.15, 0.2) is 42.5 Å². The van der Waals surface area contributed by atoms with Crippen molar-refractivity contribution in [2.45, 2.75) is 26.2 Å². The van der Waals surface area contributed by atoms with E-state index in [9.17, 15) is 0 Å². The van der Waals surface area contributed by atoms with Gasteiger partial charge < -0.3 is 19.9 Å². The number of nitrogens with two attached hydrogens (primary N) is 1. The maximum absolute atomic E-state index is 6.01. The van der Waals surface area contributed by atoms with Gasteiger partial charge in [-0.2, -0.15) is 0 Å². The van der Waals surface area contributed by atoms with Crippen LogP contribution in [0.5, 0.6) is 17.2 Å². The zero-order chi connectivity index (χ0) is 17.4. The predicted molar refractivity (Wildman–Crippen MR) is 97.3 cm³/mol. The summed E-state index contributed by atoms with van der Waals surface area (Å²) in [5, 5.41) is 0. The molecule has 0 aliphatic carbocycles. The Balaban J connectivity index is 2.18. The van der Waals surface area contributed by atoms with Crippen LogP contribution in [0.2, 0.25) is 0 Å². The number of hydrogen-bond donors (Lipinski definition) is 1. The zero-order valence-corrected chi connectivity index (χ0v) is 14.7. The summed E-state index contributed by atoms with van der Waals surface area (Å²) in [6.45, 7) is 5.77. The van der Waals surface area contributed by atoms with Crippen molar-refractivity contribution in [3.8, 4) is 17.2 Å². The van der Waals surface area contributed by atoms with E-state index < -0.39 is 0 Å². The summed E-state index contributed by atoms with van der Waals surface area (Å²) in [6, 6.07) is 14.2. The van der Waals surface area contributed by atoms with Gasteiger partial charge in [-0.3, -0.25) is 0 Å². The lowest BCUT2D eigenvalue weighted by molar-refractivity contribution is 0.287. The number of ether oxygens (including phenoxy) is 3. The van der Waals surface area contributed by atoms with Crippen LogP contribution in [0.3, 0.4) is 0 Å². The van der Waals surface area contributed by atoms with Gasteiger partial charge in [0.1, 0.15) is 5.75 Å². The summed E-state index contributed by atoms with van der Waals surface area (Å²) in [7, 11) is 1.67. The van der Waals surface area contributed by atoms with Gasteiger partial charge in [0.2, 0.25) is 0 Å². The molecule has 0 radical (unpaired) electrons. The first-order valence-corrected chi connectivity index (χ1v) is 8.44. The minimum absolute atomic E-state index is 0.253. The number of benzene rings is 2. The summed E-state index contributed by atoms with van der Waals surface area (Å²) in [4.78, 5) is 0. The van der Waals surface area contributed by atoms with Crippen molar-refractivity contribution in [3.63, 3.8) is 0 Å². The van der Waals surface area contributed by atoms with Crippen LogP contribution in [0.4, 0.5) is 0 Å². The summed E-state index contributed by atoms with van der Waals surface area (Å²) in [6.07, 6.45) is 0.856. The summed E-state index contributed by atoms with van der Waals surface area (Å²) >= 11 is 0. The molecule has 4 heteroatoms. The van der Waals surface area contributed by atoms with Crippen LogP contribution < -0.4 is 19.9 Å². The molecule has 0 saturated heterocycles. The van der Waals surface area contributed by atoms with Gasteiger partial charge >= 0.3 is 0 Å². The lowest BCUT2D eigenvalue weighted by Gasteiger charge is -2.17. The van der Waals surface area contributed by atoms with Crippen LogP contribution >= 0.6 is 0 Å². The average Bonchev–Trinajstić information content (AvgIpc) is 2.62. The Morgan fingerprint density at radius 2 is 1.58 bits per heavy atom. The molecule has 2 aromatic carbocycles. The normalized spacial score (nSPS) is 11.8. The van der Waals surface area contributed by atoms with Crippen LogP contribution in [0, 0.1) is 0 Å². The minimum Gasteiger partial charge on any atom is -0.497 e. The van der Waals surface area contributed by atoms with Crippen LogP contribution in [-0.2, 0) is 6.42 Å². The fourth-order valence-corrected chi connectivity index (χ4v) is 2.72. The van der Waals surface area contributed by atoms with Gasteiger partial charge in [0.15, 0.2) is 11.5 Å². The van der Waals surface area contributed by atoms with E-state index in [1.54, 1.807) is 7.11 Å². The largest absolute Gasteiger partial charge is 0.497 e. The van der Waals surface area contributed by atoms with Gasteiger partial charge in [-0.05, 0) is 62.2 Å². The number of rotatable bonds is 9. The molecule has 0 amide bonds. The fraction of sp³-hybridized carbons (Fsp3) is 0.400. The van der Waals surface area contributed by atoms with E-state index >= 15 is 0 Å². The Labute approximate surface area is 144 Å². The van der Waals surface area contributed by atoms with Gasteiger partial charge in [-0.25, -0.2) is 0 Å². The molecule has 0 fully saturated rings. The van der Waals surface area contributed by atoms with E-state index in [2.05, 4.69) is 24.3 Å². The van der Waals surface area contributed by atoms with E-state index in [0.717, 1.165) is 23.7 Å². The molecule has 0 aliphatic heterocycles. The molecule has 1 unspecified atom stereocenters. The zero-order valence-electron chi connectivity index (χ0n) is 14.7. The highest BCUT2D eigenvalue weighted by Crippen LogP contribution is 2.31. The van der Waals surface area contributed by atoms with Crippen LogP contribution in [-0.4, -0.2) is 26.9 Å². The lowest BCUT2D eigenvalue weighted by atomic mass is 9.92. The molecule has 130 valence electrons. The fourth-order valence-electron chi connectivity index (χ4n) is 2.72. The van der Waals surface area contributed by atoms with Crippen LogP contribution in [0.1, 0.15) is 30.9 Å². The van der Waals surface area contributed by atoms with E-state index in [1.165, 1.54) is 11.1 Å². The Bertz CT molecular complexity index is 625. The summed E-state index contributed by atoms with van der Waals surface area (Å²) < 4.78 is 16.5. The second-order valence-corrected chi connectivity index (χ2v) is 5.56. The standard InChI is InChI=1S/C20H27NO3/c1-4-23-19-11-6-15(13-20(19)24-5-2)12-17(14-21)16-7-9-18(22-3)10-8-16/h6-11,13,17H,4-5,12,14,21H2,1-3H3. The predicted octanol–water partition coefficient (Wildman–Crippen LogP) is 3.78. The van der Waals surface area contributed by atoms with Gasteiger partial charge in [-0.15, -0.1) is 0 Å². The Kier molecular flexibility index (Phi) is 6.94. The molecule has 2 rings (SSSR count). The average molecular weight is 329 g/mol. The first-order chi connectivity index (χ1) is 11.7. The first kappa shape index (κ1) is 18.1. The molecule has 2 aromatic rings. The molecule has 1 atom stereocenters. The van der Waals surface area contributed by atoms with Gasteiger partial charge in [0, 0.05) is 5.92 Å². The van der Waals surface area contributed by atoms with Crippen molar-refractivity contribution in [3.05, 3.63) is 53.6 Å². The Hall–Kier alpha value is -2.20. The van der Waals surface area contributed by atoms with E-state index in [4.69, 9.17) is 19.9 Å². The second kappa shape index (κ2) is 9.18. The van der Waals surface area contributed by atoms with Gasteiger partial charge in [-0.1, -0.05) is 18.2 Å². The van der Waals surface area contributed by atoms with E-state index in [-0.39, 0.29) is 5.92 Å². The monoisotopic (exact) mass is 329 g/mol. The summed E-state index contributed by atoms with van der Waals surface area (Å²) in [5.74, 6) is 2.69. The SMILES string of the molecule is CCOc1ccc(CC(CN)c2ccc(OC)cc2)cc1OCC. The third-order valence-corrected chi connectivity index (χ3v) is 3.96. The molecular weight excluding hydrogens is 302 g/mol. The van der Waals surface area contributed by atoms with Crippen molar-refractivity contribution in [1.82, 2.24) is 0 Å². The molecule has 0 bridgehead atoms. The molecule has 0 heterocycles. The van der Waals surface area contributed by atoms with Crippen molar-refractivity contribution in [2.75, 3.05) is 26.9 Å². The van der Waals surface area contributed by atoms with Gasteiger partial charge in [0.05, 0.1) is 20.3 Å². The Morgan fingerprint density at radius 3 is 2.17 bits per heavy atom. The van der Waals surface area contributed by atoms with Crippen molar-refractivity contribution >= 4 is 0 Å². The maximum atomic E-state index is 6.01. The highest BCUT2D eigenvalue weighted by molar-refractivity contribution is 5.43. The summed E-state index contributed by atoms with van der Waals surface area (Å²) in [5.41, 5.74) is 8.41. The van der Waals surface area contributed by atoms with Crippen LogP contribution in [0.25, 0.3) is 0 Å². The molecular formula is C20H27NO3. The van der Waals surface area contributed by atoms with Crippen molar-refractivity contribution < 1.29 is 14.2 Å². The molecule has 2 N–H and O–H groups in total. The maximum Gasteiger partial charge on any atom is 0.161 e. The number of hydrogen-bond acceptors (Lipinski definition) is 4. The van der Waals surface area contributed by atoms with Crippen molar-refractivity contribution in [1.29, 1.82) is 0 Å². The number of methoxy groups -OCH3 is 1. The molecule has 0 spiro atoms. The molecule has 0 aliphatic rings. The van der Waals surface area contributed by atoms with Gasteiger partial charge in [0.25, 0.3) is 0 Å². The third-order valence-electron chi connectivity index (χ3n) is 3.96. The molecule has 0 saturated carbocycles. The first-order valence-electron chi connectivity index (χ1n) is 8.44. The third kappa shape index (κ3) is 4.65. The highest BCUT2D eigenvalue weighted by Gasteiger charge is 2.13. The second-order valence-electron chi connectivity index (χ2n) is 5.56. The quantitative estimate of drug-likeness (QED) is 0.761. The van der Waals surface area contributed by atoms with E-state index in [1.807, 2.05) is 32.0 Å². The topological polar surface area (TPSA) is 53.7 Å². The minimum atomic E-state index is 0.253. The molecule has 0 aromatic heterocycles. The van der Waals surface area contributed by atoms with E-state index in [0.29, 0.717) is 19.8 Å².